The SMILES string of the molecule is Cc1noc(C)c1CCC(=O)NNC(=O)CN1CCCc2ccccc21. The Kier molecular flexibility index (Phi) is 5.55. The maximum Gasteiger partial charge on any atom is 0.257 e. The fourth-order valence-corrected chi connectivity index (χ4v) is 3.29. The molecule has 1 aliphatic rings. The van der Waals surface area contributed by atoms with Crippen LogP contribution in [0.3, 0.4) is 0 Å². The molecule has 7 heteroatoms. The molecule has 0 saturated heterocycles. The van der Waals surface area contributed by atoms with E-state index in [1.54, 1.807) is 0 Å². The summed E-state index contributed by atoms with van der Waals surface area (Å²) in [5, 5.41) is 3.87. The van der Waals surface area contributed by atoms with Crippen LogP contribution in [-0.4, -0.2) is 30.1 Å². The summed E-state index contributed by atoms with van der Waals surface area (Å²) in [5.41, 5.74) is 9.07. The number of aryl methyl sites for hydroxylation is 3. The van der Waals surface area contributed by atoms with Crippen LogP contribution in [0, 0.1) is 13.8 Å². The van der Waals surface area contributed by atoms with Crippen LogP contribution in [0.15, 0.2) is 28.8 Å². The van der Waals surface area contributed by atoms with Crippen LogP contribution in [0.25, 0.3) is 0 Å². The first-order valence-electron chi connectivity index (χ1n) is 8.87. The minimum atomic E-state index is -0.239. The lowest BCUT2D eigenvalue weighted by Crippen LogP contribution is -2.47. The average molecular weight is 356 g/mol. The highest BCUT2D eigenvalue weighted by Gasteiger charge is 2.19. The number of hydrazine groups is 1. The number of amides is 2. The molecular weight excluding hydrogens is 332 g/mol. The molecule has 0 fully saturated rings. The van der Waals surface area contributed by atoms with E-state index in [-0.39, 0.29) is 24.8 Å². The lowest BCUT2D eigenvalue weighted by molar-refractivity contribution is -0.128. The van der Waals surface area contributed by atoms with Gasteiger partial charge in [-0.15, -0.1) is 0 Å². The number of fused-ring (bicyclic) bond motifs is 1. The van der Waals surface area contributed by atoms with Gasteiger partial charge in [-0.25, -0.2) is 0 Å². The molecule has 0 aliphatic carbocycles. The topological polar surface area (TPSA) is 87.5 Å². The van der Waals surface area contributed by atoms with E-state index in [9.17, 15) is 9.59 Å². The van der Waals surface area contributed by atoms with Gasteiger partial charge in [-0.2, -0.15) is 0 Å². The minimum Gasteiger partial charge on any atom is -0.362 e. The summed E-state index contributed by atoms with van der Waals surface area (Å²) in [6.07, 6.45) is 2.85. The van der Waals surface area contributed by atoms with Crippen molar-refractivity contribution in [3.63, 3.8) is 0 Å². The molecule has 1 aromatic heterocycles. The van der Waals surface area contributed by atoms with Crippen LogP contribution in [0.4, 0.5) is 5.69 Å². The van der Waals surface area contributed by atoms with Gasteiger partial charge in [0.05, 0.1) is 12.2 Å². The third kappa shape index (κ3) is 4.22. The Balaban J connectivity index is 1.45. The van der Waals surface area contributed by atoms with Gasteiger partial charge in [0.1, 0.15) is 5.76 Å². The zero-order valence-corrected chi connectivity index (χ0v) is 15.2. The molecular formula is C19H24N4O3. The maximum absolute atomic E-state index is 12.2. The monoisotopic (exact) mass is 356 g/mol. The average Bonchev–Trinajstić information content (AvgIpc) is 2.96. The highest BCUT2D eigenvalue weighted by atomic mass is 16.5. The minimum absolute atomic E-state index is 0.223. The Bertz CT molecular complexity index is 780. The van der Waals surface area contributed by atoms with Crippen LogP contribution in [-0.2, 0) is 22.4 Å². The van der Waals surface area contributed by atoms with Crippen molar-refractivity contribution < 1.29 is 14.1 Å². The smallest absolute Gasteiger partial charge is 0.257 e. The van der Waals surface area contributed by atoms with Crippen molar-refractivity contribution in [1.29, 1.82) is 0 Å². The first-order chi connectivity index (χ1) is 12.5. The van der Waals surface area contributed by atoms with Gasteiger partial charge >= 0.3 is 0 Å². The molecule has 0 saturated carbocycles. The maximum atomic E-state index is 12.2. The fraction of sp³-hybridized carbons (Fsp3) is 0.421. The predicted molar refractivity (Wildman–Crippen MR) is 97.6 cm³/mol. The van der Waals surface area contributed by atoms with Crippen LogP contribution < -0.4 is 15.8 Å². The molecule has 0 atom stereocenters. The van der Waals surface area contributed by atoms with Gasteiger partial charge < -0.3 is 9.42 Å². The van der Waals surface area contributed by atoms with Crippen molar-refractivity contribution in [3.05, 3.63) is 46.8 Å². The molecule has 1 aliphatic heterocycles. The van der Waals surface area contributed by atoms with E-state index in [2.05, 4.69) is 22.1 Å². The summed E-state index contributed by atoms with van der Waals surface area (Å²) in [5.74, 6) is 0.257. The number of nitrogens with zero attached hydrogens (tertiary/aromatic N) is 2. The van der Waals surface area contributed by atoms with Crippen LogP contribution in [0.1, 0.15) is 35.4 Å². The van der Waals surface area contributed by atoms with Gasteiger partial charge in [-0.05, 0) is 44.7 Å². The van der Waals surface area contributed by atoms with E-state index in [4.69, 9.17) is 4.52 Å². The van der Waals surface area contributed by atoms with Crippen LogP contribution >= 0.6 is 0 Å². The standard InChI is InChI=1S/C19H24N4O3/c1-13-16(14(2)26-22-13)9-10-18(24)20-21-19(25)12-23-11-5-7-15-6-3-4-8-17(15)23/h3-4,6,8H,5,7,9-12H2,1-2H3,(H,20,24)(H,21,25). The summed E-state index contributed by atoms with van der Waals surface area (Å²) in [6, 6.07) is 8.12. The van der Waals surface area contributed by atoms with E-state index in [1.165, 1.54) is 5.56 Å². The second kappa shape index (κ2) is 8.03. The number of nitrogens with one attached hydrogen (secondary N) is 2. The lowest BCUT2D eigenvalue weighted by atomic mass is 10.0. The van der Waals surface area contributed by atoms with E-state index in [0.717, 1.165) is 42.1 Å². The molecule has 0 radical (unpaired) electrons. The van der Waals surface area contributed by atoms with Gasteiger partial charge in [-0.1, -0.05) is 23.4 Å². The largest absolute Gasteiger partial charge is 0.362 e. The molecule has 2 amide bonds. The molecule has 26 heavy (non-hydrogen) atoms. The van der Waals surface area contributed by atoms with Crippen molar-refractivity contribution >= 4 is 17.5 Å². The van der Waals surface area contributed by atoms with E-state index >= 15 is 0 Å². The highest BCUT2D eigenvalue weighted by molar-refractivity contribution is 5.85. The lowest BCUT2D eigenvalue weighted by Gasteiger charge is -2.30. The zero-order valence-electron chi connectivity index (χ0n) is 15.2. The second-order valence-corrected chi connectivity index (χ2v) is 6.55. The molecule has 2 N–H and O–H groups in total. The first-order valence-corrected chi connectivity index (χ1v) is 8.87. The Morgan fingerprint density at radius 2 is 1.96 bits per heavy atom. The molecule has 0 spiro atoms. The van der Waals surface area contributed by atoms with Crippen molar-refractivity contribution in [1.82, 2.24) is 16.0 Å². The Labute approximate surface area is 152 Å². The van der Waals surface area contributed by atoms with Gasteiger partial charge in [0, 0.05) is 24.2 Å². The number of carbonyl (C=O) groups excluding carboxylic acids is 2. The third-order valence-electron chi connectivity index (χ3n) is 4.67. The van der Waals surface area contributed by atoms with Crippen LogP contribution in [0.2, 0.25) is 0 Å². The number of hydrogen-bond donors (Lipinski definition) is 2. The first kappa shape index (κ1) is 18.0. The molecule has 1 aromatic carbocycles. The summed E-state index contributed by atoms with van der Waals surface area (Å²) in [4.78, 5) is 26.2. The van der Waals surface area contributed by atoms with Crippen molar-refractivity contribution in [2.45, 2.75) is 39.5 Å². The summed E-state index contributed by atoms with van der Waals surface area (Å²) < 4.78 is 5.08. The number of benzene rings is 1. The Hall–Kier alpha value is -2.83. The normalized spacial score (nSPS) is 13.2. The molecule has 138 valence electrons. The predicted octanol–water partition coefficient (Wildman–Crippen LogP) is 1.82. The van der Waals surface area contributed by atoms with Crippen molar-refractivity contribution in [3.8, 4) is 0 Å². The zero-order chi connectivity index (χ0) is 18.5. The molecule has 2 heterocycles. The quantitative estimate of drug-likeness (QED) is 0.798. The Morgan fingerprint density at radius 3 is 2.73 bits per heavy atom. The fourth-order valence-electron chi connectivity index (χ4n) is 3.29. The third-order valence-corrected chi connectivity index (χ3v) is 4.67. The molecule has 0 unspecified atom stereocenters. The van der Waals surface area contributed by atoms with Gasteiger partial charge in [0.25, 0.3) is 5.91 Å². The van der Waals surface area contributed by atoms with E-state index in [0.29, 0.717) is 6.42 Å². The number of para-hydroxylation sites is 1. The van der Waals surface area contributed by atoms with Crippen LogP contribution in [0.5, 0.6) is 0 Å². The van der Waals surface area contributed by atoms with E-state index in [1.807, 2.05) is 36.9 Å². The number of carbonyl (C=O) groups is 2. The van der Waals surface area contributed by atoms with Gasteiger partial charge in [-0.3, -0.25) is 20.4 Å². The van der Waals surface area contributed by atoms with Crippen molar-refractivity contribution in [2.75, 3.05) is 18.0 Å². The van der Waals surface area contributed by atoms with Crippen molar-refractivity contribution in [2.24, 2.45) is 0 Å². The summed E-state index contributed by atoms with van der Waals surface area (Å²) in [7, 11) is 0. The number of rotatable bonds is 5. The summed E-state index contributed by atoms with van der Waals surface area (Å²) >= 11 is 0. The summed E-state index contributed by atoms with van der Waals surface area (Å²) in [6.45, 7) is 4.74. The van der Waals surface area contributed by atoms with E-state index < -0.39 is 0 Å². The Morgan fingerprint density at radius 1 is 1.19 bits per heavy atom. The molecule has 0 bridgehead atoms. The highest BCUT2D eigenvalue weighted by Crippen LogP contribution is 2.26. The molecule has 3 rings (SSSR count). The van der Waals surface area contributed by atoms with Gasteiger partial charge in [0.2, 0.25) is 5.91 Å². The number of aromatic nitrogens is 1. The number of hydrogen-bond acceptors (Lipinski definition) is 5. The van der Waals surface area contributed by atoms with Gasteiger partial charge in [0.15, 0.2) is 0 Å². The second-order valence-electron chi connectivity index (χ2n) is 6.55. The molecule has 7 nitrogen and oxygen atoms in total. The molecule has 2 aromatic rings. The number of anilines is 1.